The smallest absolute Gasteiger partial charge is 0.00879 e. The Morgan fingerprint density at radius 1 is 0.900 bits per heavy atom. The molecule has 0 nitrogen and oxygen atoms in total. The van der Waals surface area contributed by atoms with E-state index >= 15 is 0 Å². The SMILES string of the molecule is C=C1CC[C@H]2[C@@H]3CC[C@H]4CCCC[C@]4(C)[C@H]3CC[C@]12C. The zero-order chi connectivity index (χ0) is 14.0. The van der Waals surface area contributed by atoms with Gasteiger partial charge >= 0.3 is 0 Å². The molecule has 0 spiro atoms. The highest BCUT2D eigenvalue weighted by atomic mass is 14.6. The maximum atomic E-state index is 4.45. The minimum absolute atomic E-state index is 0.513. The molecule has 112 valence electrons. The lowest BCUT2D eigenvalue weighted by Crippen LogP contribution is -2.51. The molecule has 0 heteroatoms. The zero-order valence-electron chi connectivity index (χ0n) is 13.6. The Labute approximate surface area is 125 Å². The van der Waals surface area contributed by atoms with Crippen molar-refractivity contribution in [1.82, 2.24) is 0 Å². The highest BCUT2D eigenvalue weighted by Crippen LogP contribution is 2.67. The molecule has 4 rings (SSSR count). The Morgan fingerprint density at radius 2 is 1.75 bits per heavy atom. The Morgan fingerprint density at radius 3 is 2.60 bits per heavy atom. The molecule has 4 fully saturated rings. The van der Waals surface area contributed by atoms with Crippen LogP contribution >= 0.6 is 0 Å². The molecule has 0 aromatic heterocycles. The molecule has 0 aromatic carbocycles. The predicted octanol–water partition coefficient (Wildman–Crippen LogP) is 5.98. The third-order valence-corrected chi connectivity index (χ3v) is 8.54. The van der Waals surface area contributed by atoms with Crippen molar-refractivity contribution in [3.05, 3.63) is 12.2 Å². The van der Waals surface area contributed by atoms with Crippen LogP contribution in [0.25, 0.3) is 0 Å². The summed E-state index contributed by atoms with van der Waals surface area (Å²) in [6.07, 6.45) is 14.9. The van der Waals surface area contributed by atoms with Crippen LogP contribution in [0.2, 0.25) is 0 Å². The first kappa shape index (κ1) is 13.4. The second kappa shape index (κ2) is 4.37. The van der Waals surface area contributed by atoms with E-state index in [4.69, 9.17) is 0 Å². The summed E-state index contributed by atoms with van der Waals surface area (Å²) in [6.45, 7) is 9.68. The Bertz CT molecular complexity index is 422. The van der Waals surface area contributed by atoms with Gasteiger partial charge in [-0.2, -0.15) is 0 Å². The minimum Gasteiger partial charge on any atom is -0.0993 e. The third kappa shape index (κ3) is 1.60. The van der Waals surface area contributed by atoms with Gasteiger partial charge in [-0.25, -0.2) is 0 Å². The number of allylic oxidation sites excluding steroid dienone is 1. The quantitative estimate of drug-likeness (QED) is 0.476. The fourth-order valence-corrected chi connectivity index (χ4v) is 7.20. The fourth-order valence-electron chi connectivity index (χ4n) is 7.20. The van der Waals surface area contributed by atoms with Crippen LogP contribution in [0.15, 0.2) is 12.2 Å². The lowest BCUT2D eigenvalue weighted by atomic mass is 9.45. The fraction of sp³-hybridized carbons (Fsp3) is 0.900. The van der Waals surface area contributed by atoms with E-state index in [9.17, 15) is 0 Å². The Hall–Kier alpha value is -0.260. The van der Waals surface area contributed by atoms with Crippen LogP contribution in [0.5, 0.6) is 0 Å². The summed E-state index contributed by atoms with van der Waals surface area (Å²) in [5.74, 6) is 4.12. The molecule has 0 amide bonds. The Kier molecular flexibility index (Phi) is 2.93. The average Bonchev–Trinajstić information content (AvgIpc) is 2.74. The van der Waals surface area contributed by atoms with Gasteiger partial charge < -0.3 is 0 Å². The van der Waals surface area contributed by atoms with E-state index in [0.29, 0.717) is 10.8 Å². The molecular weight excluding hydrogens is 240 g/mol. The van der Waals surface area contributed by atoms with E-state index in [0.717, 1.165) is 23.7 Å². The van der Waals surface area contributed by atoms with Gasteiger partial charge in [0, 0.05) is 0 Å². The van der Waals surface area contributed by atoms with E-state index in [1.54, 1.807) is 12.0 Å². The molecular formula is C20H32. The summed E-state index contributed by atoms with van der Waals surface area (Å²) in [6, 6.07) is 0. The lowest BCUT2D eigenvalue weighted by Gasteiger charge is -2.60. The first-order valence-electron chi connectivity index (χ1n) is 9.24. The van der Waals surface area contributed by atoms with Crippen molar-refractivity contribution < 1.29 is 0 Å². The van der Waals surface area contributed by atoms with Crippen molar-refractivity contribution >= 4 is 0 Å². The van der Waals surface area contributed by atoms with Crippen molar-refractivity contribution in [2.75, 3.05) is 0 Å². The predicted molar refractivity (Wildman–Crippen MR) is 85.5 cm³/mol. The highest BCUT2D eigenvalue weighted by molar-refractivity contribution is 5.21. The van der Waals surface area contributed by atoms with Crippen molar-refractivity contribution in [2.24, 2.45) is 34.5 Å². The van der Waals surface area contributed by atoms with Crippen LogP contribution in [0, 0.1) is 34.5 Å². The highest BCUT2D eigenvalue weighted by Gasteiger charge is 2.57. The maximum absolute atomic E-state index is 4.45. The van der Waals surface area contributed by atoms with Gasteiger partial charge in [0.2, 0.25) is 0 Å². The van der Waals surface area contributed by atoms with Gasteiger partial charge in [0.1, 0.15) is 0 Å². The monoisotopic (exact) mass is 272 g/mol. The van der Waals surface area contributed by atoms with Crippen LogP contribution in [0.3, 0.4) is 0 Å². The summed E-state index contributed by atoms with van der Waals surface area (Å²) in [7, 11) is 0. The molecule has 0 saturated heterocycles. The lowest BCUT2D eigenvalue weighted by molar-refractivity contribution is -0.0972. The second-order valence-electron chi connectivity index (χ2n) is 9.00. The normalized spacial score (nSPS) is 55.0. The number of rotatable bonds is 0. The second-order valence-corrected chi connectivity index (χ2v) is 9.00. The largest absolute Gasteiger partial charge is 0.0993 e. The van der Waals surface area contributed by atoms with Crippen LogP contribution in [0.4, 0.5) is 0 Å². The van der Waals surface area contributed by atoms with Crippen LogP contribution in [-0.4, -0.2) is 0 Å². The van der Waals surface area contributed by atoms with Gasteiger partial charge in [0.25, 0.3) is 0 Å². The summed E-state index contributed by atoms with van der Waals surface area (Å²) in [4.78, 5) is 0. The van der Waals surface area contributed by atoms with Crippen LogP contribution < -0.4 is 0 Å². The number of fused-ring (bicyclic) bond motifs is 5. The number of hydrogen-bond donors (Lipinski definition) is 0. The molecule has 0 radical (unpaired) electrons. The average molecular weight is 272 g/mol. The van der Waals surface area contributed by atoms with Gasteiger partial charge in [-0.1, -0.05) is 38.8 Å². The zero-order valence-corrected chi connectivity index (χ0v) is 13.6. The van der Waals surface area contributed by atoms with Crippen LogP contribution in [0.1, 0.15) is 78.1 Å². The first-order valence-corrected chi connectivity index (χ1v) is 9.24. The maximum Gasteiger partial charge on any atom is -0.00879 e. The molecule has 0 bridgehead atoms. The van der Waals surface area contributed by atoms with E-state index in [1.807, 2.05) is 0 Å². The van der Waals surface area contributed by atoms with Crippen molar-refractivity contribution in [3.8, 4) is 0 Å². The molecule has 4 saturated carbocycles. The Balaban J connectivity index is 1.66. The van der Waals surface area contributed by atoms with Gasteiger partial charge in [-0.15, -0.1) is 0 Å². The van der Waals surface area contributed by atoms with Crippen molar-refractivity contribution in [1.29, 1.82) is 0 Å². The van der Waals surface area contributed by atoms with E-state index in [-0.39, 0.29) is 0 Å². The molecule has 0 heterocycles. The minimum atomic E-state index is 0.513. The third-order valence-electron chi connectivity index (χ3n) is 8.54. The van der Waals surface area contributed by atoms with Crippen molar-refractivity contribution in [2.45, 2.75) is 78.1 Å². The molecule has 6 atom stereocenters. The molecule has 4 aliphatic carbocycles. The van der Waals surface area contributed by atoms with Gasteiger partial charge in [-0.05, 0) is 85.9 Å². The topological polar surface area (TPSA) is 0 Å². The first-order chi connectivity index (χ1) is 9.56. The summed E-state index contributed by atoms with van der Waals surface area (Å²) >= 11 is 0. The number of hydrogen-bond acceptors (Lipinski definition) is 0. The van der Waals surface area contributed by atoms with E-state index in [1.165, 1.54) is 57.8 Å². The van der Waals surface area contributed by atoms with E-state index < -0.39 is 0 Å². The van der Waals surface area contributed by atoms with E-state index in [2.05, 4.69) is 20.4 Å². The van der Waals surface area contributed by atoms with Crippen LogP contribution in [-0.2, 0) is 0 Å². The molecule has 0 aliphatic heterocycles. The standard InChI is InChI=1S/C20H32/c1-14-7-10-17-16-9-8-15-6-4-5-12-20(15,3)18(16)11-13-19(14,17)2/h15-18H,1,4-13H2,2-3H3/t15-,16+,17+,18+,19-,20+/m1/s1. The van der Waals surface area contributed by atoms with Gasteiger partial charge in [0.05, 0.1) is 0 Å². The summed E-state index contributed by atoms with van der Waals surface area (Å²) < 4.78 is 0. The van der Waals surface area contributed by atoms with Gasteiger partial charge in [0.15, 0.2) is 0 Å². The molecule has 20 heavy (non-hydrogen) atoms. The molecule has 0 unspecified atom stereocenters. The molecule has 4 aliphatic rings. The summed E-state index contributed by atoms with van der Waals surface area (Å²) in [5, 5.41) is 0. The summed E-state index contributed by atoms with van der Waals surface area (Å²) in [5.41, 5.74) is 2.81. The van der Waals surface area contributed by atoms with Crippen molar-refractivity contribution in [3.63, 3.8) is 0 Å². The molecule has 0 aromatic rings. The molecule has 0 N–H and O–H groups in total. The van der Waals surface area contributed by atoms with Gasteiger partial charge in [-0.3, -0.25) is 0 Å².